The van der Waals surface area contributed by atoms with E-state index in [4.69, 9.17) is 0 Å². The summed E-state index contributed by atoms with van der Waals surface area (Å²) in [6, 6.07) is 2.42. The normalized spacial score (nSPS) is 30.0. The van der Waals surface area contributed by atoms with E-state index in [2.05, 4.69) is 15.3 Å². The molecule has 0 aliphatic heterocycles. The summed E-state index contributed by atoms with van der Waals surface area (Å²) in [4.78, 5) is 8.67. The van der Waals surface area contributed by atoms with Crippen LogP contribution < -0.4 is 5.32 Å². The van der Waals surface area contributed by atoms with Crippen molar-refractivity contribution in [3.63, 3.8) is 0 Å². The molecule has 2 aliphatic rings. The van der Waals surface area contributed by atoms with Crippen molar-refractivity contribution in [2.75, 3.05) is 5.32 Å². The Morgan fingerprint density at radius 3 is 2.70 bits per heavy atom. The van der Waals surface area contributed by atoms with E-state index >= 15 is 0 Å². The van der Waals surface area contributed by atoms with E-state index in [1.165, 1.54) is 12.8 Å². The van der Waals surface area contributed by atoms with Gasteiger partial charge in [0.2, 0.25) is 0 Å². The smallest absolute Gasteiger partial charge is 0.145 e. The number of nitrogens with one attached hydrogen (secondary N) is 1. The van der Waals surface area contributed by atoms with Crippen LogP contribution in [0.25, 0.3) is 11.0 Å². The Bertz CT molecular complexity index is 637. The molecule has 3 N–H and O–H groups in total. The van der Waals surface area contributed by atoms with E-state index in [1.54, 1.807) is 6.33 Å². The molecule has 0 bridgehead atoms. The zero-order valence-electron chi connectivity index (χ0n) is 11.1. The van der Waals surface area contributed by atoms with Crippen LogP contribution in [0.5, 0.6) is 0 Å². The highest BCUT2D eigenvalue weighted by Gasteiger charge is 2.35. The first-order valence-corrected chi connectivity index (χ1v) is 7.18. The number of rotatable bonds is 3. The number of aliphatic hydroxyl groups excluding tert-OH is 2. The number of hydrogen-bond donors (Lipinski definition) is 3. The average Bonchev–Trinajstić information content (AvgIpc) is 3.07. The van der Waals surface area contributed by atoms with E-state index < -0.39 is 12.2 Å². The first-order valence-electron chi connectivity index (χ1n) is 7.18. The fraction of sp³-hybridized carbons (Fsp3) is 0.571. The molecule has 0 spiro atoms. The lowest BCUT2D eigenvalue weighted by atomic mass is 10.2. The van der Waals surface area contributed by atoms with Gasteiger partial charge in [-0.05, 0) is 31.7 Å². The van der Waals surface area contributed by atoms with Crippen LogP contribution >= 0.6 is 0 Å². The van der Waals surface area contributed by atoms with Crippen LogP contribution in [-0.4, -0.2) is 43.0 Å². The molecule has 6 nitrogen and oxygen atoms in total. The molecule has 3 atom stereocenters. The molecule has 2 aromatic heterocycles. The number of anilines is 1. The number of hydrogen-bond acceptors (Lipinski definition) is 5. The number of nitrogens with zero attached hydrogens (tertiary/aromatic N) is 3. The average molecular weight is 274 g/mol. The van der Waals surface area contributed by atoms with Gasteiger partial charge in [0.15, 0.2) is 0 Å². The van der Waals surface area contributed by atoms with Crippen molar-refractivity contribution in [3.05, 3.63) is 18.6 Å². The van der Waals surface area contributed by atoms with Gasteiger partial charge in [-0.1, -0.05) is 0 Å². The summed E-state index contributed by atoms with van der Waals surface area (Å²) >= 11 is 0. The van der Waals surface area contributed by atoms with Gasteiger partial charge in [-0.2, -0.15) is 0 Å². The minimum atomic E-state index is -0.722. The highest BCUT2D eigenvalue weighted by atomic mass is 16.3. The SMILES string of the molecule is O[C@@H]1[C@H](O)CC[C@H]1n1ccc2c(NC3CC3)ncnc21. The van der Waals surface area contributed by atoms with Gasteiger partial charge in [-0.3, -0.25) is 0 Å². The molecule has 2 saturated carbocycles. The summed E-state index contributed by atoms with van der Waals surface area (Å²) in [7, 11) is 0. The first kappa shape index (κ1) is 12.1. The van der Waals surface area contributed by atoms with Crippen molar-refractivity contribution in [2.24, 2.45) is 0 Å². The molecule has 0 amide bonds. The van der Waals surface area contributed by atoms with Gasteiger partial charge in [0, 0.05) is 12.2 Å². The lowest BCUT2D eigenvalue weighted by Crippen LogP contribution is -2.26. The molecule has 0 aromatic carbocycles. The van der Waals surface area contributed by atoms with E-state index in [0.29, 0.717) is 12.5 Å². The summed E-state index contributed by atoms with van der Waals surface area (Å²) in [5.74, 6) is 0.865. The van der Waals surface area contributed by atoms with Gasteiger partial charge in [0.25, 0.3) is 0 Å². The standard InChI is InChI=1S/C14H18N4O2/c19-11-4-3-10(12(11)20)18-6-5-9-13(17-8-1-2-8)15-7-16-14(9)18/h5-8,10-12,19-20H,1-4H2,(H,15,16,17)/t10-,11-,12+/m1/s1. The van der Waals surface area contributed by atoms with Gasteiger partial charge in [0.1, 0.15) is 23.9 Å². The quantitative estimate of drug-likeness (QED) is 0.779. The first-order chi connectivity index (χ1) is 9.74. The molecule has 2 aromatic rings. The lowest BCUT2D eigenvalue weighted by molar-refractivity contribution is 0.0242. The van der Waals surface area contributed by atoms with Crippen LogP contribution in [0, 0.1) is 0 Å². The zero-order chi connectivity index (χ0) is 13.7. The summed E-state index contributed by atoms with van der Waals surface area (Å²) in [6.45, 7) is 0. The van der Waals surface area contributed by atoms with Gasteiger partial charge >= 0.3 is 0 Å². The van der Waals surface area contributed by atoms with E-state index in [9.17, 15) is 10.2 Å². The third-order valence-electron chi connectivity index (χ3n) is 4.33. The van der Waals surface area contributed by atoms with Crippen molar-refractivity contribution in [2.45, 2.75) is 50.0 Å². The second kappa shape index (κ2) is 4.43. The maximum Gasteiger partial charge on any atom is 0.145 e. The third kappa shape index (κ3) is 1.87. The largest absolute Gasteiger partial charge is 0.390 e. The highest BCUT2D eigenvalue weighted by molar-refractivity contribution is 5.87. The summed E-state index contributed by atoms with van der Waals surface area (Å²) < 4.78 is 1.97. The topological polar surface area (TPSA) is 83.2 Å². The van der Waals surface area contributed by atoms with E-state index in [-0.39, 0.29) is 6.04 Å². The summed E-state index contributed by atoms with van der Waals surface area (Å²) in [6.07, 6.45) is 5.92. The van der Waals surface area contributed by atoms with Crippen LogP contribution in [-0.2, 0) is 0 Å². The van der Waals surface area contributed by atoms with Gasteiger partial charge in [0.05, 0.1) is 17.5 Å². The molecule has 20 heavy (non-hydrogen) atoms. The molecule has 0 saturated heterocycles. The fourth-order valence-corrected chi connectivity index (χ4v) is 3.02. The Labute approximate surface area is 116 Å². The molecule has 2 aliphatic carbocycles. The van der Waals surface area contributed by atoms with Crippen molar-refractivity contribution in [3.8, 4) is 0 Å². The molecular weight excluding hydrogens is 256 g/mol. The molecule has 2 fully saturated rings. The van der Waals surface area contributed by atoms with Gasteiger partial charge < -0.3 is 20.1 Å². The van der Waals surface area contributed by atoms with Crippen molar-refractivity contribution < 1.29 is 10.2 Å². The Morgan fingerprint density at radius 1 is 1.15 bits per heavy atom. The lowest BCUT2D eigenvalue weighted by Gasteiger charge is -2.19. The monoisotopic (exact) mass is 274 g/mol. The van der Waals surface area contributed by atoms with Crippen LogP contribution in [0.3, 0.4) is 0 Å². The van der Waals surface area contributed by atoms with Crippen LogP contribution in [0.4, 0.5) is 5.82 Å². The molecule has 0 radical (unpaired) electrons. The van der Waals surface area contributed by atoms with Crippen molar-refractivity contribution in [1.82, 2.24) is 14.5 Å². The predicted molar refractivity (Wildman–Crippen MR) is 74.5 cm³/mol. The summed E-state index contributed by atoms with van der Waals surface area (Å²) in [5, 5.41) is 24.2. The Balaban J connectivity index is 1.74. The molecule has 6 heteroatoms. The fourth-order valence-electron chi connectivity index (χ4n) is 3.02. The third-order valence-corrected chi connectivity index (χ3v) is 4.33. The van der Waals surface area contributed by atoms with Gasteiger partial charge in [-0.15, -0.1) is 0 Å². The molecular formula is C14H18N4O2. The zero-order valence-corrected chi connectivity index (χ0v) is 11.1. The Morgan fingerprint density at radius 2 is 2.00 bits per heavy atom. The minimum absolute atomic E-state index is 0.105. The number of fused-ring (bicyclic) bond motifs is 1. The summed E-state index contributed by atoms with van der Waals surface area (Å²) in [5.41, 5.74) is 0.821. The minimum Gasteiger partial charge on any atom is -0.390 e. The van der Waals surface area contributed by atoms with Crippen LogP contribution in [0.2, 0.25) is 0 Å². The molecule has 2 heterocycles. The highest BCUT2D eigenvalue weighted by Crippen LogP contribution is 2.34. The Kier molecular flexibility index (Phi) is 2.68. The van der Waals surface area contributed by atoms with Crippen LogP contribution in [0.15, 0.2) is 18.6 Å². The maximum absolute atomic E-state index is 10.1. The van der Waals surface area contributed by atoms with Crippen LogP contribution in [0.1, 0.15) is 31.7 Å². The maximum atomic E-state index is 10.1. The Hall–Kier alpha value is -1.66. The van der Waals surface area contributed by atoms with Crippen molar-refractivity contribution >= 4 is 16.9 Å². The number of aliphatic hydroxyl groups is 2. The molecule has 0 unspecified atom stereocenters. The van der Waals surface area contributed by atoms with E-state index in [1.807, 2.05) is 16.8 Å². The van der Waals surface area contributed by atoms with Crippen molar-refractivity contribution in [1.29, 1.82) is 0 Å². The predicted octanol–water partition coefficient (Wildman–Crippen LogP) is 1.06. The molecule has 106 valence electrons. The number of aromatic nitrogens is 3. The molecule has 4 rings (SSSR count). The van der Waals surface area contributed by atoms with E-state index in [0.717, 1.165) is 23.3 Å². The second-order valence-electron chi connectivity index (χ2n) is 5.80. The van der Waals surface area contributed by atoms with Gasteiger partial charge in [-0.25, -0.2) is 9.97 Å². The second-order valence-corrected chi connectivity index (χ2v) is 5.80.